The first-order chi connectivity index (χ1) is 10.7. The number of carbonyl (C=O) groups excluding carboxylic acids is 1. The van der Waals surface area contributed by atoms with E-state index in [0.717, 1.165) is 33.9 Å². The van der Waals surface area contributed by atoms with E-state index in [0.29, 0.717) is 13.2 Å². The van der Waals surface area contributed by atoms with Crippen LogP contribution in [0, 0.1) is 0 Å². The Balaban J connectivity index is 1.56. The Hall–Kier alpha value is -1.47. The average Bonchev–Trinajstić information content (AvgIpc) is 3.00. The fraction of sp³-hybridized carbons (Fsp3) is 0.400. The number of nitrogens with zero attached hydrogens (tertiary/aromatic N) is 3. The summed E-state index contributed by atoms with van der Waals surface area (Å²) in [6, 6.07) is 9.72. The maximum absolute atomic E-state index is 12.2. The van der Waals surface area contributed by atoms with Crippen molar-refractivity contribution in [3.05, 3.63) is 44.8 Å². The number of piperidine rings is 1. The predicted molar refractivity (Wildman–Crippen MR) is 87.8 cm³/mol. The van der Waals surface area contributed by atoms with E-state index in [9.17, 15) is 4.79 Å². The quantitative estimate of drug-likeness (QED) is 0.810. The van der Waals surface area contributed by atoms with Gasteiger partial charge in [-0.05, 0) is 34.3 Å². The largest absolute Gasteiger partial charge is 0.445 e. The number of amides is 1. The third-order valence-corrected chi connectivity index (χ3v) is 5.17. The lowest BCUT2D eigenvalue weighted by atomic mass is 9.99. The highest BCUT2D eigenvalue weighted by atomic mass is 79.9. The molecule has 0 aliphatic carbocycles. The molecule has 3 rings (SSSR count). The smallest absolute Gasteiger partial charge is 0.410 e. The van der Waals surface area contributed by atoms with Gasteiger partial charge in [-0.15, -0.1) is 10.2 Å². The molecule has 2 aromatic rings. The summed E-state index contributed by atoms with van der Waals surface area (Å²) in [4.78, 5) is 14.0. The van der Waals surface area contributed by atoms with Crippen LogP contribution in [0.2, 0.25) is 0 Å². The standard InChI is InChI=1S/C15H16BrN3O2S/c16-14-18-17-13(22-14)12-7-4-8-19(9-12)15(20)21-10-11-5-2-1-3-6-11/h1-3,5-6,12H,4,7-10H2/t12-/m0/s1. The predicted octanol–water partition coefficient (Wildman–Crippen LogP) is 3.82. The molecule has 0 radical (unpaired) electrons. The zero-order valence-corrected chi connectivity index (χ0v) is 14.3. The van der Waals surface area contributed by atoms with Crippen molar-refractivity contribution >= 4 is 33.4 Å². The van der Waals surface area contributed by atoms with Crippen LogP contribution in [-0.4, -0.2) is 34.3 Å². The summed E-state index contributed by atoms with van der Waals surface area (Å²) < 4.78 is 6.19. The van der Waals surface area contributed by atoms with Gasteiger partial charge in [0.15, 0.2) is 3.92 Å². The molecule has 0 unspecified atom stereocenters. The van der Waals surface area contributed by atoms with Crippen LogP contribution in [0.3, 0.4) is 0 Å². The molecular formula is C15H16BrN3O2S. The van der Waals surface area contributed by atoms with Gasteiger partial charge in [0.2, 0.25) is 0 Å². The summed E-state index contributed by atoms with van der Waals surface area (Å²) >= 11 is 4.87. The molecule has 1 aliphatic rings. The molecular weight excluding hydrogens is 366 g/mol. The van der Waals surface area contributed by atoms with Crippen molar-refractivity contribution < 1.29 is 9.53 Å². The van der Waals surface area contributed by atoms with Crippen molar-refractivity contribution in [2.45, 2.75) is 25.4 Å². The number of hydrogen-bond donors (Lipinski definition) is 0. The Kier molecular flexibility index (Phi) is 5.04. The van der Waals surface area contributed by atoms with Gasteiger partial charge in [-0.25, -0.2) is 4.79 Å². The van der Waals surface area contributed by atoms with Gasteiger partial charge in [0.25, 0.3) is 0 Å². The first kappa shape index (κ1) is 15.4. The number of likely N-dealkylation sites (tertiary alicyclic amines) is 1. The number of rotatable bonds is 3. The molecule has 1 fully saturated rings. The fourth-order valence-corrected chi connectivity index (χ4v) is 3.81. The number of hydrogen-bond acceptors (Lipinski definition) is 5. The van der Waals surface area contributed by atoms with E-state index in [4.69, 9.17) is 4.74 Å². The van der Waals surface area contributed by atoms with Gasteiger partial charge in [-0.3, -0.25) is 0 Å². The van der Waals surface area contributed by atoms with Crippen LogP contribution >= 0.6 is 27.3 Å². The maximum Gasteiger partial charge on any atom is 0.410 e. The van der Waals surface area contributed by atoms with Gasteiger partial charge >= 0.3 is 6.09 Å². The molecule has 1 saturated heterocycles. The Morgan fingerprint density at radius 1 is 1.36 bits per heavy atom. The molecule has 0 saturated carbocycles. The number of ether oxygens (including phenoxy) is 1. The van der Waals surface area contributed by atoms with Crippen LogP contribution in [-0.2, 0) is 11.3 Å². The second-order valence-electron chi connectivity index (χ2n) is 5.22. The Morgan fingerprint density at radius 2 is 2.18 bits per heavy atom. The zero-order valence-electron chi connectivity index (χ0n) is 11.9. The topological polar surface area (TPSA) is 55.3 Å². The number of aromatic nitrogens is 2. The Bertz CT molecular complexity index is 635. The van der Waals surface area contributed by atoms with Crippen LogP contribution in [0.5, 0.6) is 0 Å². The highest BCUT2D eigenvalue weighted by Gasteiger charge is 2.27. The van der Waals surface area contributed by atoms with E-state index in [2.05, 4.69) is 26.1 Å². The van der Waals surface area contributed by atoms with Crippen LogP contribution in [0.4, 0.5) is 4.79 Å². The van der Waals surface area contributed by atoms with Gasteiger partial charge in [-0.1, -0.05) is 41.7 Å². The molecule has 22 heavy (non-hydrogen) atoms. The van der Waals surface area contributed by atoms with Gasteiger partial charge in [0, 0.05) is 19.0 Å². The minimum atomic E-state index is -0.253. The lowest BCUT2D eigenvalue weighted by molar-refractivity contribution is 0.0858. The number of benzene rings is 1. The van der Waals surface area contributed by atoms with Gasteiger partial charge in [0.1, 0.15) is 11.6 Å². The summed E-state index contributed by atoms with van der Waals surface area (Å²) in [5.41, 5.74) is 0.998. The summed E-state index contributed by atoms with van der Waals surface area (Å²) in [7, 11) is 0. The average molecular weight is 382 g/mol. The van der Waals surface area contributed by atoms with E-state index in [1.54, 1.807) is 4.90 Å². The number of carbonyl (C=O) groups is 1. The molecule has 1 amide bonds. The highest BCUT2D eigenvalue weighted by Crippen LogP contribution is 2.30. The van der Waals surface area contributed by atoms with Crippen LogP contribution in [0.1, 0.15) is 29.3 Å². The van der Waals surface area contributed by atoms with Gasteiger partial charge in [-0.2, -0.15) is 0 Å². The first-order valence-electron chi connectivity index (χ1n) is 7.17. The molecule has 1 aromatic carbocycles. The minimum Gasteiger partial charge on any atom is -0.445 e. The fourth-order valence-electron chi connectivity index (χ4n) is 2.54. The zero-order chi connectivity index (χ0) is 15.4. The number of halogens is 1. The summed E-state index contributed by atoms with van der Waals surface area (Å²) in [5, 5.41) is 9.14. The van der Waals surface area contributed by atoms with Gasteiger partial charge < -0.3 is 9.64 Å². The third kappa shape index (κ3) is 3.84. The van der Waals surface area contributed by atoms with Crippen LogP contribution in [0.15, 0.2) is 34.2 Å². The van der Waals surface area contributed by atoms with E-state index in [1.807, 2.05) is 30.3 Å². The highest BCUT2D eigenvalue weighted by molar-refractivity contribution is 9.11. The molecule has 1 aromatic heterocycles. The summed E-state index contributed by atoms with van der Waals surface area (Å²) in [6.07, 6.45) is 1.74. The molecule has 7 heteroatoms. The SMILES string of the molecule is O=C(OCc1ccccc1)N1CCC[C@H](c2nnc(Br)s2)C1. The molecule has 0 bridgehead atoms. The first-order valence-corrected chi connectivity index (χ1v) is 8.78. The van der Waals surface area contributed by atoms with E-state index in [1.165, 1.54) is 11.3 Å². The molecule has 1 aliphatic heterocycles. The normalized spacial score (nSPS) is 18.2. The van der Waals surface area contributed by atoms with Crippen molar-refractivity contribution in [3.63, 3.8) is 0 Å². The van der Waals surface area contributed by atoms with Gasteiger partial charge in [0.05, 0.1) is 0 Å². The molecule has 0 N–H and O–H groups in total. The summed E-state index contributed by atoms with van der Waals surface area (Å²) in [5.74, 6) is 0.252. The van der Waals surface area contributed by atoms with Crippen molar-refractivity contribution in [2.24, 2.45) is 0 Å². The lowest BCUT2D eigenvalue weighted by Gasteiger charge is -2.30. The second kappa shape index (κ2) is 7.19. The van der Waals surface area contributed by atoms with Crippen molar-refractivity contribution in [1.82, 2.24) is 15.1 Å². The van der Waals surface area contributed by atoms with E-state index >= 15 is 0 Å². The van der Waals surface area contributed by atoms with E-state index in [-0.39, 0.29) is 12.0 Å². The molecule has 0 spiro atoms. The molecule has 116 valence electrons. The Labute approximate surface area is 141 Å². The van der Waals surface area contributed by atoms with Crippen LogP contribution in [0.25, 0.3) is 0 Å². The third-order valence-electron chi connectivity index (χ3n) is 3.65. The molecule has 5 nitrogen and oxygen atoms in total. The van der Waals surface area contributed by atoms with Crippen LogP contribution < -0.4 is 0 Å². The maximum atomic E-state index is 12.2. The second-order valence-corrected chi connectivity index (χ2v) is 7.50. The van der Waals surface area contributed by atoms with Crippen molar-refractivity contribution in [3.8, 4) is 0 Å². The van der Waals surface area contributed by atoms with Crippen molar-refractivity contribution in [2.75, 3.05) is 13.1 Å². The Morgan fingerprint density at radius 3 is 2.91 bits per heavy atom. The van der Waals surface area contributed by atoms with Crippen molar-refractivity contribution in [1.29, 1.82) is 0 Å². The van der Waals surface area contributed by atoms with E-state index < -0.39 is 0 Å². The molecule has 2 heterocycles. The monoisotopic (exact) mass is 381 g/mol. The summed E-state index contributed by atoms with van der Waals surface area (Å²) in [6.45, 7) is 1.70. The lowest BCUT2D eigenvalue weighted by Crippen LogP contribution is -2.39. The molecule has 1 atom stereocenters. The minimum absolute atomic E-state index is 0.252.